The molecule has 29 heavy (non-hydrogen) atoms. The van der Waals surface area contributed by atoms with Crippen molar-refractivity contribution in [1.29, 1.82) is 0 Å². The van der Waals surface area contributed by atoms with Gasteiger partial charge in [-0.2, -0.15) is 0 Å². The van der Waals surface area contributed by atoms with Crippen molar-refractivity contribution in [2.75, 3.05) is 27.4 Å². The van der Waals surface area contributed by atoms with Gasteiger partial charge in [-0.05, 0) is 53.3 Å². The van der Waals surface area contributed by atoms with Gasteiger partial charge in [-0.15, -0.1) is 11.3 Å². The van der Waals surface area contributed by atoms with E-state index in [4.69, 9.17) is 14.2 Å². The van der Waals surface area contributed by atoms with Gasteiger partial charge in [0.1, 0.15) is 5.75 Å². The van der Waals surface area contributed by atoms with Crippen LogP contribution in [0.25, 0.3) is 0 Å². The van der Waals surface area contributed by atoms with E-state index in [-0.39, 0.29) is 18.6 Å². The average molecular weight is 410 g/mol. The Bertz CT molecular complexity index is 972. The maximum atomic E-state index is 13.1. The Morgan fingerprint density at radius 1 is 1.07 bits per heavy atom. The summed E-state index contributed by atoms with van der Waals surface area (Å²) in [6, 6.07) is 17.4. The fraction of sp³-hybridized carbons (Fsp3) is 0.261. The molecule has 150 valence electrons. The van der Waals surface area contributed by atoms with Crippen molar-refractivity contribution in [2.24, 2.45) is 0 Å². The van der Waals surface area contributed by atoms with E-state index in [0.29, 0.717) is 23.8 Å². The number of methoxy groups -OCH3 is 2. The molecular weight excluding hydrogens is 386 g/mol. The van der Waals surface area contributed by atoms with Crippen molar-refractivity contribution in [3.8, 4) is 17.2 Å². The maximum Gasteiger partial charge on any atom is 0.261 e. The Hall–Kier alpha value is -2.99. The number of thiophene rings is 1. The highest BCUT2D eigenvalue weighted by Gasteiger charge is 2.34. The molecule has 2 aromatic carbocycles. The quantitative estimate of drug-likeness (QED) is 0.608. The van der Waals surface area contributed by atoms with Gasteiger partial charge in [0.05, 0.1) is 20.3 Å². The lowest BCUT2D eigenvalue weighted by Crippen LogP contribution is -2.42. The molecule has 0 fully saturated rings. The summed E-state index contributed by atoms with van der Waals surface area (Å²) in [5, 5.41) is 2.04. The molecule has 1 aromatic heterocycles. The smallest absolute Gasteiger partial charge is 0.261 e. The first kappa shape index (κ1) is 19.3. The van der Waals surface area contributed by atoms with E-state index in [1.54, 1.807) is 25.6 Å². The monoisotopic (exact) mass is 409 g/mol. The SMILES string of the molecule is COc1cc2c(cc1OC)C(c1cccs1)N(C(=O)COc1ccccc1)CC2. The van der Waals surface area contributed by atoms with Crippen molar-refractivity contribution < 1.29 is 19.0 Å². The summed E-state index contributed by atoms with van der Waals surface area (Å²) in [5.74, 6) is 2.04. The van der Waals surface area contributed by atoms with Crippen LogP contribution in [0.2, 0.25) is 0 Å². The molecule has 6 heteroatoms. The molecule has 0 radical (unpaired) electrons. The number of rotatable bonds is 6. The molecule has 3 aromatic rings. The largest absolute Gasteiger partial charge is 0.493 e. The van der Waals surface area contributed by atoms with E-state index >= 15 is 0 Å². The summed E-state index contributed by atoms with van der Waals surface area (Å²) in [4.78, 5) is 16.1. The number of nitrogens with zero attached hydrogens (tertiary/aromatic N) is 1. The molecule has 0 N–H and O–H groups in total. The zero-order chi connectivity index (χ0) is 20.2. The van der Waals surface area contributed by atoms with E-state index in [1.807, 2.05) is 58.8 Å². The van der Waals surface area contributed by atoms with E-state index in [0.717, 1.165) is 16.9 Å². The van der Waals surface area contributed by atoms with Gasteiger partial charge < -0.3 is 19.1 Å². The molecule has 1 atom stereocenters. The third-order valence-electron chi connectivity index (χ3n) is 5.11. The Morgan fingerprint density at radius 3 is 2.52 bits per heavy atom. The highest BCUT2D eigenvalue weighted by Crippen LogP contribution is 2.42. The van der Waals surface area contributed by atoms with Crippen LogP contribution in [-0.4, -0.2) is 38.2 Å². The minimum absolute atomic E-state index is 0.00844. The number of benzene rings is 2. The van der Waals surface area contributed by atoms with Crippen LogP contribution in [0.15, 0.2) is 60.0 Å². The molecular formula is C23H23NO4S. The number of ether oxygens (including phenoxy) is 3. The second-order valence-electron chi connectivity index (χ2n) is 6.76. The van der Waals surface area contributed by atoms with Gasteiger partial charge in [0, 0.05) is 11.4 Å². The Balaban J connectivity index is 1.65. The van der Waals surface area contributed by atoms with Crippen LogP contribution < -0.4 is 14.2 Å². The third-order valence-corrected chi connectivity index (χ3v) is 6.04. The van der Waals surface area contributed by atoms with Crippen molar-refractivity contribution in [3.05, 3.63) is 76.0 Å². The number of fused-ring (bicyclic) bond motifs is 1. The van der Waals surface area contributed by atoms with Gasteiger partial charge in [-0.1, -0.05) is 24.3 Å². The molecule has 4 rings (SSSR count). The second kappa shape index (κ2) is 8.57. The molecule has 0 aliphatic carbocycles. The van der Waals surface area contributed by atoms with Crippen LogP contribution in [0.5, 0.6) is 17.2 Å². The van der Waals surface area contributed by atoms with Gasteiger partial charge in [-0.25, -0.2) is 0 Å². The molecule has 1 unspecified atom stereocenters. The van der Waals surface area contributed by atoms with E-state index in [1.165, 1.54) is 5.56 Å². The predicted molar refractivity (Wildman–Crippen MR) is 113 cm³/mol. The van der Waals surface area contributed by atoms with Crippen molar-refractivity contribution in [2.45, 2.75) is 12.5 Å². The predicted octanol–water partition coefficient (Wildman–Crippen LogP) is 4.32. The summed E-state index contributed by atoms with van der Waals surface area (Å²) in [7, 11) is 3.27. The van der Waals surface area contributed by atoms with Gasteiger partial charge >= 0.3 is 0 Å². The molecule has 1 amide bonds. The van der Waals surface area contributed by atoms with Crippen LogP contribution in [-0.2, 0) is 11.2 Å². The third kappa shape index (κ3) is 3.93. The molecule has 0 saturated carbocycles. The molecule has 0 spiro atoms. The highest BCUT2D eigenvalue weighted by molar-refractivity contribution is 7.10. The molecule has 2 heterocycles. The highest BCUT2D eigenvalue weighted by atomic mass is 32.1. The molecule has 5 nitrogen and oxygen atoms in total. The first-order chi connectivity index (χ1) is 14.2. The van der Waals surface area contributed by atoms with E-state index in [2.05, 4.69) is 6.07 Å². The molecule has 1 aliphatic rings. The summed E-state index contributed by atoms with van der Waals surface area (Å²) < 4.78 is 16.7. The standard InChI is InChI=1S/C23H23NO4S/c1-26-19-13-16-10-11-24(22(25)15-28-17-7-4-3-5-8-17)23(21-9-6-12-29-21)18(16)14-20(19)27-2/h3-9,12-14,23H,10-11,15H2,1-2H3. The Labute approximate surface area is 174 Å². The van der Waals surface area contributed by atoms with Crippen LogP contribution in [0.3, 0.4) is 0 Å². The van der Waals surface area contributed by atoms with Gasteiger partial charge in [-0.3, -0.25) is 4.79 Å². The molecule has 0 saturated heterocycles. The Kier molecular flexibility index (Phi) is 5.71. The maximum absolute atomic E-state index is 13.1. The normalized spacial score (nSPS) is 15.5. The molecule has 0 bridgehead atoms. The summed E-state index contributed by atoms with van der Waals surface area (Å²) in [6.45, 7) is 0.635. The zero-order valence-corrected chi connectivity index (χ0v) is 17.3. The van der Waals surface area contributed by atoms with Crippen LogP contribution in [0, 0.1) is 0 Å². The number of hydrogen-bond acceptors (Lipinski definition) is 5. The molecule has 1 aliphatic heterocycles. The number of amides is 1. The fourth-order valence-electron chi connectivity index (χ4n) is 3.71. The number of hydrogen-bond donors (Lipinski definition) is 0. The van der Waals surface area contributed by atoms with Gasteiger partial charge in [0.2, 0.25) is 0 Å². The minimum atomic E-state index is -0.162. The summed E-state index contributed by atoms with van der Waals surface area (Å²) in [6.07, 6.45) is 0.759. The number of carbonyl (C=O) groups is 1. The zero-order valence-electron chi connectivity index (χ0n) is 16.5. The van der Waals surface area contributed by atoms with Crippen LogP contribution in [0.4, 0.5) is 0 Å². The first-order valence-electron chi connectivity index (χ1n) is 9.46. The second-order valence-corrected chi connectivity index (χ2v) is 7.74. The minimum Gasteiger partial charge on any atom is -0.493 e. The Morgan fingerprint density at radius 2 is 1.83 bits per heavy atom. The number of carbonyl (C=O) groups excluding carboxylic acids is 1. The van der Waals surface area contributed by atoms with E-state index < -0.39 is 0 Å². The first-order valence-corrected chi connectivity index (χ1v) is 10.3. The van der Waals surface area contributed by atoms with Crippen LogP contribution >= 0.6 is 11.3 Å². The topological polar surface area (TPSA) is 48.0 Å². The lowest BCUT2D eigenvalue weighted by molar-refractivity contribution is -0.135. The summed E-state index contributed by atoms with van der Waals surface area (Å²) in [5.41, 5.74) is 2.25. The van der Waals surface area contributed by atoms with Crippen molar-refractivity contribution in [3.63, 3.8) is 0 Å². The fourth-order valence-corrected chi connectivity index (χ4v) is 4.57. The van der Waals surface area contributed by atoms with Gasteiger partial charge in [0.15, 0.2) is 18.1 Å². The summed E-state index contributed by atoms with van der Waals surface area (Å²) >= 11 is 1.65. The van der Waals surface area contributed by atoms with Crippen LogP contribution in [0.1, 0.15) is 22.0 Å². The lowest BCUT2D eigenvalue weighted by Gasteiger charge is -2.37. The number of para-hydroxylation sites is 1. The average Bonchev–Trinajstić information content (AvgIpc) is 3.30. The lowest BCUT2D eigenvalue weighted by atomic mass is 9.90. The van der Waals surface area contributed by atoms with Gasteiger partial charge in [0.25, 0.3) is 5.91 Å². The van der Waals surface area contributed by atoms with Crippen molar-refractivity contribution in [1.82, 2.24) is 4.90 Å². The van der Waals surface area contributed by atoms with E-state index in [9.17, 15) is 4.79 Å². The van der Waals surface area contributed by atoms with Crippen molar-refractivity contribution >= 4 is 17.2 Å².